The van der Waals surface area contributed by atoms with E-state index in [9.17, 15) is 9.59 Å². The summed E-state index contributed by atoms with van der Waals surface area (Å²) in [6, 6.07) is 15.1. The molecular formula is C20H19N3O2S. The van der Waals surface area contributed by atoms with Crippen molar-refractivity contribution in [3.8, 4) is 0 Å². The van der Waals surface area contributed by atoms with Crippen LogP contribution in [0.15, 0.2) is 53.5 Å². The van der Waals surface area contributed by atoms with Crippen molar-refractivity contribution in [1.29, 1.82) is 0 Å². The lowest BCUT2D eigenvalue weighted by Crippen LogP contribution is -2.58. The number of thiocarbonyl (C=S) groups is 1. The summed E-state index contributed by atoms with van der Waals surface area (Å²) in [4.78, 5) is 30.7. The van der Waals surface area contributed by atoms with Gasteiger partial charge >= 0.3 is 0 Å². The Morgan fingerprint density at radius 2 is 1.77 bits per heavy atom. The highest BCUT2D eigenvalue weighted by molar-refractivity contribution is 7.80. The zero-order valence-electron chi connectivity index (χ0n) is 14.6. The van der Waals surface area contributed by atoms with Crippen molar-refractivity contribution in [3.05, 3.63) is 59.7 Å². The molecule has 2 aromatic carbocycles. The molecular weight excluding hydrogens is 346 g/mol. The Kier molecular flexibility index (Phi) is 5.23. The van der Waals surface area contributed by atoms with E-state index in [1.54, 1.807) is 12.1 Å². The monoisotopic (exact) mass is 365 g/mol. The molecule has 1 heterocycles. The molecule has 1 N–H and O–H groups in total. The quantitative estimate of drug-likeness (QED) is 0.514. The van der Waals surface area contributed by atoms with Crippen LogP contribution in [0.1, 0.15) is 18.1 Å². The molecule has 6 heteroatoms. The minimum absolute atomic E-state index is 0.0841. The molecule has 0 unspecified atom stereocenters. The smallest absolute Gasteiger partial charge is 0.251 e. The molecule has 1 atom stereocenters. The number of carbonyl (C=O) groups excluding carboxylic acids is 2. The Balaban J connectivity index is 1.84. The number of carbonyl (C=O) groups is 2. The van der Waals surface area contributed by atoms with E-state index < -0.39 is 17.7 Å². The second-order valence-corrected chi connectivity index (χ2v) is 6.47. The highest BCUT2D eigenvalue weighted by Crippen LogP contribution is 2.21. The van der Waals surface area contributed by atoms with Crippen LogP contribution in [-0.2, 0) is 16.0 Å². The summed E-state index contributed by atoms with van der Waals surface area (Å²) in [5, 5.41) is 2.67. The third kappa shape index (κ3) is 3.70. The minimum Gasteiger partial charge on any atom is -0.301 e. The molecule has 0 saturated carbocycles. The van der Waals surface area contributed by atoms with E-state index in [1.165, 1.54) is 16.7 Å². The standard InChI is InChI=1S/C20H19N3O2S/c1-3-14-6-8-15(9-7-14)21-12-17-18(24)22-20(26)23(19(17)25)16-10-4-13(2)5-11-16/h4-12,17H,3H2,1-2H3,(H,22,24,26)/t17-/m0/s1. The molecule has 132 valence electrons. The molecule has 2 aromatic rings. The van der Waals surface area contributed by atoms with Crippen molar-refractivity contribution >= 4 is 46.7 Å². The molecule has 0 spiro atoms. The molecule has 1 aliphatic rings. The second kappa shape index (κ2) is 7.58. The number of aryl methyl sites for hydroxylation is 2. The van der Waals surface area contributed by atoms with Gasteiger partial charge in [-0.3, -0.25) is 19.5 Å². The van der Waals surface area contributed by atoms with Crippen LogP contribution in [0.4, 0.5) is 11.4 Å². The molecule has 0 bridgehead atoms. The van der Waals surface area contributed by atoms with Gasteiger partial charge in [0.1, 0.15) is 0 Å². The number of benzene rings is 2. The predicted octanol–water partition coefficient (Wildman–Crippen LogP) is 3.32. The number of nitrogens with one attached hydrogen (secondary N) is 1. The number of hydrogen-bond donors (Lipinski definition) is 1. The van der Waals surface area contributed by atoms with Crippen LogP contribution in [0.2, 0.25) is 0 Å². The van der Waals surface area contributed by atoms with E-state index in [2.05, 4.69) is 17.2 Å². The van der Waals surface area contributed by atoms with Crippen molar-refractivity contribution in [2.75, 3.05) is 4.90 Å². The van der Waals surface area contributed by atoms with Gasteiger partial charge in [-0.25, -0.2) is 0 Å². The summed E-state index contributed by atoms with van der Waals surface area (Å²) in [6.45, 7) is 4.03. The van der Waals surface area contributed by atoms with Crippen LogP contribution in [0, 0.1) is 12.8 Å². The third-order valence-corrected chi connectivity index (χ3v) is 4.50. The van der Waals surface area contributed by atoms with Gasteiger partial charge in [-0.15, -0.1) is 0 Å². The van der Waals surface area contributed by atoms with E-state index in [1.807, 2.05) is 43.3 Å². The molecule has 1 saturated heterocycles. The first-order chi connectivity index (χ1) is 12.5. The molecule has 2 amide bonds. The lowest BCUT2D eigenvalue weighted by atomic mass is 10.1. The third-order valence-electron chi connectivity index (χ3n) is 4.21. The minimum atomic E-state index is -1.02. The topological polar surface area (TPSA) is 61.8 Å². The first-order valence-electron chi connectivity index (χ1n) is 8.38. The first kappa shape index (κ1) is 17.9. The zero-order chi connectivity index (χ0) is 18.7. The van der Waals surface area contributed by atoms with Crippen molar-refractivity contribution in [1.82, 2.24) is 5.32 Å². The molecule has 1 aliphatic heterocycles. The predicted molar refractivity (Wildman–Crippen MR) is 107 cm³/mol. The lowest BCUT2D eigenvalue weighted by Gasteiger charge is -2.30. The maximum Gasteiger partial charge on any atom is 0.251 e. The summed E-state index contributed by atoms with van der Waals surface area (Å²) in [6.07, 6.45) is 2.32. The largest absolute Gasteiger partial charge is 0.301 e. The lowest BCUT2D eigenvalue weighted by molar-refractivity contribution is -0.130. The SMILES string of the molecule is CCc1ccc(N=C[C@H]2C(=O)NC(=S)N(c3ccc(C)cc3)C2=O)cc1. The highest BCUT2D eigenvalue weighted by Gasteiger charge is 2.38. The normalized spacial score (nSPS) is 17.7. The summed E-state index contributed by atoms with van der Waals surface area (Å²) >= 11 is 5.18. The van der Waals surface area contributed by atoms with Crippen LogP contribution >= 0.6 is 12.2 Å². The van der Waals surface area contributed by atoms with Gasteiger partial charge in [0.05, 0.1) is 11.4 Å². The van der Waals surface area contributed by atoms with Crippen LogP contribution in [0.5, 0.6) is 0 Å². The second-order valence-electron chi connectivity index (χ2n) is 6.08. The van der Waals surface area contributed by atoms with Gasteiger partial charge in [-0.05, 0) is 55.4 Å². The van der Waals surface area contributed by atoms with Crippen LogP contribution in [-0.4, -0.2) is 23.1 Å². The molecule has 5 nitrogen and oxygen atoms in total. The van der Waals surface area contributed by atoms with Crippen molar-refractivity contribution in [2.45, 2.75) is 20.3 Å². The fraction of sp³-hybridized carbons (Fsp3) is 0.200. The van der Waals surface area contributed by atoms with E-state index in [0.717, 1.165) is 12.0 Å². The Morgan fingerprint density at radius 1 is 1.12 bits per heavy atom. The van der Waals surface area contributed by atoms with E-state index in [4.69, 9.17) is 12.2 Å². The Morgan fingerprint density at radius 3 is 2.38 bits per heavy atom. The van der Waals surface area contributed by atoms with Gasteiger partial charge in [0.25, 0.3) is 5.91 Å². The summed E-state index contributed by atoms with van der Waals surface area (Å²) in [5.41, 5.74) is 3.59. The fourth-order valence-electron chi connectivity index (χ4n) is 2.64. The maximum atomic E-state index is 12.8. The van der Waals surface area contributed by atoms with Crippen LogP contribution in [0.25, 0.3) is 0 Å². The highest BCUT2D eigenvalue weighted by atomic mass is 32.1. The van der Waals surface area contributed by atoms with E-state index in [-0.39, 0.29) is 5.11 Å². The van der Waals surface area contributed by atoms with Gasteiger partial charge in [0.15, 0.2) is 11.0 Å². The first-order valence-corrected chi connectivity index (χ1v) is 8.79. The fourth-order valence-corrected chi connectivity index (χ4v) is 2.93. The molecule has 26 heavy (non-hydrogen) atoms. The number of hydrogen-bond acceptors (Lipinski definition) is 4. The number of amides is 2. The summed E-state index contributed by atoms with van der Waals surface area (Å²) in [7, 11) is 0. The van der Waals surface area contributed by atoms with Gasteiger partial charge in [0.2, 0.25) is 5.91 Å². The van der Waals surface area contributed by atoms with E-state index >= 15 is 0 Å². The Labute approximate surface area is 157 Å². The van der Waals surface area contributed by atoms with Gasteiger partial charge in [0, 0.05) is 6.21 Å². The van der Waals surface area contributed by atoms with E-state index in [0.29, 0.717) is 11.4 Å². The number of nitrogens with zero attached hydrogens (tertiary/aromatic N) is 2. The maximum absolute atomic E-state index is 12.8. The number of anilines is 1. The van der Waals surface area contributed by atoms with Gasteiger partial charge in [-0.1, -0.05) is 36.8 Å². The van der Waals surface area contributed by atoms with Crippen molar-refractivity contribution < 1.29 is 9.59 Å². The average Bonchev–Trinajstić information content (AvgIpc) is 2.63. The molecule has 0 aliphatic carbocycles. The summed E-state index contributed by atoms with van der Waals surface area (Å²) < 4.78 is 0. The van der Waals surface area contributed by atoms with Gasteiger partial charge in [-0.2, -0.15) is 0 Å². The van der Waals surface area contributed by atoms with Crippen molar-refractivity contribution in [3.63, 3.8) is 0 Å². The van der Waals surface area contributed by atoms with Crippen LogP contribution in [0.3, 0.4) is 0 Å². The van der Waals surface area contributed by atoms with Crippen LogP contribution < -0.4 is 10.2 Å². The van der Waals surface area contributed by atoms with Crippen molar-refractivity contribution in [2.24, 2.45) is 10.9 Å². The summed E-state index contributed by atoms with van der Waals surface area (Å²) in [5.74, 6) is -1.89. The molecule has 3 rings (SSSR count). The Bertz CT molecular complexity index is 873. The van der Waals surface area contributed by atoms with Gasteiger partial charge < -0.3 is 5.32 Å². The zero-order valence-corrected chi connectivity index (χ0v) is 15.4. The molecule has 0 radical (unpaired) electrons. The number of aliphatic imine (C=N–C) groups is 1. The molecule has 1 fully saturated rings. The average molecular weight is 365 g/mol. The number of rotatable bonds is 4. The molecule has 0 aromatic heterocycles. The Hall–Kier alpha value is -2.86.